The molecule has 2 aromatic rings. The summed E-state index contributed by atoms with van der Waals surface area (Å²) in [5.41, 5.74) is 7.97. The molecule has 0 spiro atoms. The van der Waals surface area contributed by atoms with Crippen molar-refractivity contribution < 1.29 is 9.63 Å². The highest BCUT2D eigenvalue weighted by Gasteiger charge is 2.11. The Labute approximate surface area is 133 Å². The predicted molar refractivity (Wildman–Crippen MR) is 84.8 cm³/mol. The van der Waals surface area contributed by atoms with Gasteiger partial charge in [0.2, 0.25) is 0 Å². The van der Waals surface area contributed by atoms with Gasteiger partial charge in [-0.3, -0.25) is 4.68 Å². The van der Waals surface area contributed by atoms with Gasteiger partial charge in [0.1, 0.15) is 5.84 Å². The van der Waals surface area contributed by atoms with Crippen LogP contribution in [0.25, 0.3) is 0 Å². The zero-order valence-corrected chi connectivity index (χ0v) is 13.2. The summed E-state index contributed by atoms with van der Waals surface area (Å²) in [6, 6.07) is 8.56. The van der Waals surface area contributed by atoms with Gasteiger partial charge in [-0.1, -0.05) is 28.9 Å². The lowest BCUT2D eigenvalue weighted by Gasteiger charge is -2.04. The molecule has 6 nitrogen and oxygen atoms in total. The van der Waals surface area contributed by atoms with Crippen LogP contribution in [0.5, 0.6) is 0 Å². The molecule has 0 aliphatic heterocycles. The van der Waals surface area contributed by atoms with Gasteiger partial charge in [0.25, 0.3) is 0 Å². The maximum absolute atomic E-state index is 11.8. The minimum Gasteiger partial charge on any atom is -0.384 e. The first-order valence-electron chi connectivity index (χ1n) is 6.76. The standard InChI is InChI=1S/C15H17ClN4O2/c1-10-9-11(2)20(18-10)8-7-14(17)19-22-15(21)12-5-3-4-6-13(12)16/h3-6,9H,7-8H2,1-2H3,(H2,17,19). The van der Waals surface area contributed by atoms with E-state index in [1.165, 1.54) is 0 Å². The molecule has 0 saturated heterocycles. The molecule has 0 atom stereocenters. The van der Waals surface area contributed by atoms with E-state index in [9.17, 15) is 4.79 Å². The van der Waals surface area contributed by atoms with E-state index in [0.29, 0.717) is 18.0 Å². The van der Waals surface area contributed by atoms with E-state index in [1.54, 1.807) is 24.3 Å². The van der Waals surface area contributed by atoms with Gasteiger partial charge in [-0.2, -0.15) is 5.10 Å². The molecule has 116 valence electrons. The summed E-state index contributed by atoms with van der Waals surface area (Å²) in [5.74, 6) is -0.423. The van der Waals surface area contributed by atoms with Crippen molar-refractivity contribution in [3.8, 4) is 0 Å². The van der Waals surface area contributed by atoms with Gasteiger partial charge in [0, 0.05) is 18.7 Å². The summed E-state index contributed by atoms with van der Waals surface area (Å²) < 4.78 is 1.83. The van der Waals surface area contributed by atoms with Gasteiger partial charge >= 0.3 is 5.97 Å². The van der Waals surface area contributed by atoms with Gasteiger partial charge in [-0.05, 0) is 32.0 Å². The lowest BCUT2D eigenvalue weighted by molar-refractivity contribution is 0.0514. The van der Waals surface area contributed by atoms with Crippen LogP contribution < -0.4 is 5.73 Å². The maximum atomic E-state index is 11.8. The SMILES string of the molecule is Cc1cc(C)n(CCC(N)=NOC(=O)c2ccccc2Cl)n1. The van der Waals surface area contributed by atoms with E-state index in [0.717, 1.165) is 11.4 Å². The van der Waals surface area contributed by atoms with Gasteiger partial charge in [-0.25, -0.2) is 4.79 Å². The highest BCUT2D eigenvalue weighted by atomic mass is 35.5. The molecule has 1 aromatic heterocycles. The average Bonchev–Trinajstić information content (AvgIpc) is 2.81. The van der Waals surface area contributed by atoms with Gasteiger partial charge in [0.15, 0.2) is 0 Å². The third kappa shape index (κ3) is 4.08. The number of hydrogen-bond donors (Lipinski definition) is 1. The molecule has 0 amide bonds. The van der Waals surface area contributed by atoms with Crippen LogP contribution in [-0.4, -0.2) is 21.6 Å². The predicted octanol–water partition coefficient (Wildman–Crippen LogP) is 2.67. The molecule has 0 bridgehead atoms. The molecule has 2 rings (SSSR count). The fourth-order valence-electron chi connectivity index (χ4n) is 1.94. The zero-order valence-electron chi connectivity index (χ0n) is 12.4. The summed E-state index contributed by atoms with van der Waals surface area (Å²) in [7, 11) is 0. The van der Waals surface area contributed by atoms with Crippen LogP contribution in [0.4, 0.5) is 0 Å². The largest absolute Gasteiger partial charge is 0.384 e. The van der Waals surface area contributed by atoms with Crippen LogP contribution in [0, 0.1) is 13.8 Å². The molecule has 1 aromatic carbocycles. The number of halogens is 1. The molecular formula is C15H17ClN4O2. The summed E-state index contributed by atoms with van der Waals surface area (Å²) in [5, 5.41) is 8.26. The van der Waals surface area contributed by atoms with Crippen LogP contribution in [-0.2, 0) is 11.4 Å². The molecule has 22 heavy (non-hydrogen) atoms. The van der Waals surface area contributed by atoms with E-state index in [4.69, 9.17) is 22.2 Å². The smallest absolute Gasteiger partial charge is 0.367 e. The first kappa shape index (κ1) is 16.0. The Hall–Kier alpha value is -2.34. The molecule has 0 aliphatic carbocycles. The highest BCUT2D eigenvalue weighted by molar-refractivity contribution is 6.33. The number of oxime groups is 1. The number of nitrogens with two attached hydrogens (primary N) is 1. The number of hydrogen-bond acceptors (Lipinski definition) is 4. The number of aromatic nitrogens is 2. The number of rotatable bonds is 5. The Balaban J connectivity index is 1.91. The van der Waals surface area contributed by atoms with E-state index in [-0.39, 0.29) is 11.4 Å². The number of amidine groups is 1. The second kappa shape index (κ2) is 7.09. The Morgan fingerprint density at radius 3 is 2.77 bits per heavy atom. The number of nitrogens with zero attached hydrogens (tertiary/aromatic N) is 3. The van der Waals surface area contributed by atoms with E-state index in [2.05, 4.69) is 10.3 Å². The molecule has 0 aliphatic rings. The molecule has 2 N–H and O–H groups in total. The monoisotopic (exact) mass is 320 g/mol. The molecule has 0 saturated carbocycles. The Kier molecular flexibility index (Phi) is 5.16. The molecule has 0 radical (unpaired) electrons. The van der Waals surface area contributed by atoms with Crippen molar-refractivity contribution in [2.45, 2.75) is 26.8 Å². The molecular weight excluding hydrogens is 304 g/mol. The second-order valence-electron chi connectivity index (χ2n) is 4.84. The lowest BCUT2D eigenvalue weighted by Crippen LogP contribution is -2.17. The number of aryl methyl sites for hydroxylation is 3. The van der Waals surface area contributed by atoms with E-state index >= 15 is 0 Å². The van der Waals surface area contributed by atoms with Crippen LogP contribution >= 0.6 is 11.6 Å². The van der Waals surface area contributed by atoms with Crippen molar-refractivity contribution in [1.82, 2.24) is 9.78 Å². The first-order chi connectivity index (χ1) is 10.5. The van der Waals surface area contributed by atoms with Crippen LogP contribution in [0.3, 0.4) is 0 Å². The van der Waals surface area contributed by atoms with Crippen LogP contribution in [0.1, 0.15) is 28.2 Å². The second-order valence-corrected chi connectivity index (χ2v) is 5.25. The molecule has 1 heterocycles. The van der Waals surface area contributed by atoms with Crippen molar-refractivity contribution >= 4 is 23.4 Å². The summed E-state index contributed by atoms with van der Waals surface area (Å²) in [4.78, 5) is 16.6. The highest BCUT2D eigenvalue weighted by Crippen LogP contribution is 2.15. The van der Waals surface area contributed by atoms with Crippen molar-refractivity contribution in [1.29, 1.82) is 0 Å². The molecule has 0 unspecified atom stereocenters. The van der Waals surface area contributed by atoms with E-state index in [1.807, 2.05) is 24.6 Å². The van der Waals surface area contributed by atoms with Gasteiger partial charge < -0.3 is 10.6 Å². The van der Waals surface area contributed by atoms with Crippen LogP contribution in [0.2, 0.25) is 5.02 Å². The lowest BCUT2D eigenvalue weighted by atomic mass is 10.2. The van der Waals surface area contributed by atoms with Crippen molar-refractivity contribution in [3.63, 3.8) is 0 Å². The molecule has 0 fully saturated rings. The zero-order chi connectivity index (χ0) is 16.1. The first-order valence-corrected chi connectivity index (χ1v) is 7.14. The van der Waals surface area contributed by atoms with E-state index < -0.39 is 5.97 Å². The fourth-order valence-corrected chi connectivity index (χ4v) is 2.16. The number of carbonyl (C=O) groups excluding carboxylic acids is 1. The topological polar surface area (TPSA) is 82.5 Å². The number of carbonyl (C=O) groups is 1. The summed E-state index contributed by atoms with van der Waals surface area (Å²) >= 11 is 5.90. The number of benzene rings is 1. The minimum atomic E-state index is -0.639. The Morgan fingerprint density at radius 1 is 1.41 bits per heavy atom. The normalized spacial score (nSPS) is 11.5. The maximum Gasteiger partial charge on any atom is 0.367 e. The average molecular weight is 321 g/mol. The summed E-state index contributed by atoms with van der Waals surface area (Å²) in [6.45, 7) is 4.45. The third-order valence-corrected chi connectivity index (χ3v) is 3.35. The minimum absolute atomic E-state index is 0.216. The quantitative estimate of drug-likeness (QED) is 0.397. The van der Waals surface area contributed by atoms with Crippen LogP contribution in [0.15, 0.2) is 35.5 Å². The van der Waals surface area contributed by atoms with Crippen molar-refractivity contribution in [3.05, 3.63) is 52.3 Å². The fraction of sp³-hybridized carbons (Fsp3) is 0.267. The Morgan fingerprint density at radius 2 is 2.14 bits per heavy atom. The van der Waals surface area contributed by atoms with Crippen molar-refractivity contribution in [2.75, 3.05) is 0 Å². The van der Waals surface area contributed by atoms with Gasteiger partial charge in [-0.15, -0.1) is 0 Å². The summed E-state index contributed by atoms with van der Waals surface area (Å²) in [6.07, 6.45) is 0.428. The third-order valence-electron chi connectivity index (χ3n) is 3.02. The Bertz CT molecular complexity index is 709. The van der Waals surface area contributed by atoms with Crippen molar-refractivity contribution in [2.24, 2.45) is 10.9 Å². The van der Waals surface area contributed by atoms with Gasteiger partial charge in [0.05, 0.1) is 16.3 Å². The molecule has 7 heteroatoms.